The molecule has 2 rings (SSSR count). The number of hydrogen-bond donors (Lipinski definition) is 1. The minimum atomic E-state index is -0.533. The highest BCUT2D eigenvalue weighted by Crippen LogP contribution is 2.20. The monoisotopic (exact) mass is 292 g/mol. The summed E-state index contributed by atoms with van der Waals surface area (Å²) in [4.78, 5) is 16.6. The van der Waals surface area contributed by atoms with Crippen LogP contribution in [0.3, 0.4) is 0 Å². The number of ether oxygens (including phenoxy) is 1. The molecule has 1 aromatic rings. The molecule has 116 valence electrons. The normalized spacial score (nSPS) is 19.3. The number of nitrogens with zero attached hydrogens (tertiary/aromatic N) is 2. The van der Waals surface area contributed by atoms with Gasteiger partial charge in [-0.25, -0.2) is 0 Å². The maximum Gasteiger partial charge on any atom is 0.256 e. The molecule has 0 saturated carbocycles. The number of aliphatic hydroxyl groups excluding tert-OH is 1. The van der Waals surface area contributed by atoms with Gasteiger partial charge in [0.05, 0.1) is 6.10 Å². The van der Waals surface area contributed by atoms with Gasteiger partial charge in [-0.15, -0.1) is 0 Å². The average molecular weight is 292 g/mol. The van der Waals surface area contributed by atoms with Gasteiger partial charge < -0.3 is 14.7 Å². The molecule has 21 heavy (non-hydrogen) atoms. The lowest BCUT2D eigenvalue weighted by Crippen LogP contribution is -2.51. The summed E-state index contributed by atoms with van der Waals surface area (Å²) in [5.41, 5.74) is 0.886. The van der Waals surface area contributed by atoms with Gasteiger partial charge in [0.25, 0.3) is 5.91 Å². The fourth-order valence-corrected chi connectivity index (χ4v) is 2.70. The van der Waals surface area contributed by atoms with E-state index >= 15 is 0 Å². The molecule has 1 N–H and O–H groups in total. The summed E-state index contributed by atoms with van der Waals surface area (Å²) >= 11 is 0. The van der Waals surface area contributed by atoms with E-state index in [0.717, 1.165) is 18.7 Å². The molecule has 1 heterocycles. The van der Waals surface area contributed by atoms with Gasteiger partial charge in [0.15, 0.2) is 6.10 Å². The Hall–Kier alpha value is -1.43. The Morgan fingerprint density at radius 3 is 2.38 bits per heavy atom. The number of β-amino-alcohol motifs (C(OH)–C–C–N with tert-alkyl or cyclic N) is 1. The van der Waals surface area contributed by atoms with Crippen molar-refractivity contribution in [2.45, 2.75) is 19.1 Å². The van der Waals surface area contributed by atoms with E-state index in [0.29, 0.717) is 19.6 Å². The third-order valence-corrected chi connectivity index (χ3v) is 3.77. The number of aliphatic hydroxyl groups is 1. The lowest BCUT2D eigenvalue weighted by molar-refractivity contribution is -0.144. The lowest BCUT2D eigenvalue weighted by Gasteiger charge is -2.36. The molecule has 0 spiro atoms. The molecule has 1 saturated heterocycles. The summed E-state index contributed by atoms with van der Waals surface area (Å²) in [6.07, 6.45) is -0.863. The molecule has 1 aliphatic rings. The smallest absolute Gasteiger partial charge is 0.256 e. The van der Waals surface area contributed by atoms with Crippen LogP contribution in [-0.4, -0.2) is 66.8 Å². The molecule has 5 nitrogen and oxygen atoms in total. The second-order valence-corrected chi connectivity index (χ2v) is 5.50. The van der Waals surface area contributed by atoms with Gasteiger partial charge >= 0.3 is 0 Å². The predicted octanol–water partition coefficient (Wildman–Crippen LogP) is 0.899. The van der Waals surface area contributed by atoms with E-state index in [4.69, 9.17) is 4.74 Å². The Labute approximate surface area is 126 Å². The lowest BCUT2D eigenvalue weighted by atomic mass is 10.1. The summed E-state index contributed by atoms with van der Waals surface area (Å²) in [5.74, 6) is 0.0143. The second-order valence-electron chi connectivity index (χ2n) is 5.50. The van der Waals surface area contributed by atoms with E-state index in [1.165, 1.54) is 0 Å². The number of carbonyl (C=O) groups excluding carboxylic acids is 1. The fraction of sp³-hybridized carbons (Fsp3) is 0.562. The Bertz CT molecular complexity index is 442. The molecule has 1 amide bonds. The minimum Gasteiger partial charge on any atom is -0.392 e. The van der Waals surface area contributed by atoms with Gasteiger partial charge in [-0.3, -0.25) is 9.69 Å². The first-order valence-electron chi connectivity index (χ1n) is 7.38. The van der Waals surface area contributed by atoms with Crippen molar-refractivity contribution in [3.63, 3.8) is 0 Å². The quantitative estimate of drug-likeness (QED) is 0.876. The van der Waals surface area contributed by atoms with E-state index < -0.39 is 6.10 Å². The Balaban J connectivity index is 1.94. The van der Waals surface area contributed by atoms with Crippen LogP contribution < -0.4 is 0 Å². The van der Waals surface area contributed by atoms with Crippen LogP contribution in [0.5, 0.6) is 0 Å². The second kappa shape index (κ2) is 7.54. The van der Waals surface area contributed by atoms with E-state index in [2.05, 4.69) is 4.90 Å². The van der Waals surface area contributed by atoms with Crippen LogP contribution in [0.25, 0.3) is 0 Å². The maximum atomic E-state index is 12.6. The molecule has 1 aromatic carbocycles. The first kappa shape index (κ1) is 15.9. The Morgan fingerprint density at radius 2 is 1.86 bits per heavy atom. The third kappa shape index (κ3) is 4.27. The molecular formula is C16H24N2O3. The van der Waals surface area contributed by atoms with E-state index in [1.807, 2.05) is 35.2 Å². The van der Waals surface area contributed by atoms with Gasteiger partial charge in [-0.05, 0) is 12.5 Å². The number of carbonyl (C=O) groups is 1. The van der Waals surface area contributed by atoms with Crippen LogP contribution in [0.2, 0.25) is 0 Å². The van der Waals surface area contributed by atoms with Crippen molar-refractivity contribution in [3.8, 4) is 0 Å². The van der Waals surface area contributed by atoms with Crippen molar-refractivity contribution in [2.24, 2.45) is 0 Å². The zero-order chi connectivity index (χ0) is 15.2. The van der Waals surface area contributed by atoms with Crippen LogP contribution >= 0.6 is 0 Å². The molecule has 0 aromatic heterocycles. The topological polar surface area (TPSA) is 53.0 Å². The molecular weight excluding hydrogens is 268 g/mol. The number of piperazine rings is 1. The average Bonchev–Trinajstić information content (AvgIpc) is 2.49. The highest BCUT2D eigenvalue weighted by atomic mass is 16.5. The summed E-state index contributed by atoms with van der Waals surface area (Å²) in [7, 11) is 1.57. The molecule has 2 atom stereocenters. The molecule has 0 unspecified atom stereocenters. The highest BCUT2D eigenvalue weighted by molar-refractivity contribution is 5.82. The maximum absolute atomic E-state index is 12.6. The summed E-state index contributed by atoms with van der Waals surface area (Å²) in [6, 6.07) is 9.57. The zero-order valence-corrected chi connectivity index (χ0v) is 12.7. The van der Waals surface area contributed by atoms with Crippen LogP contribution in [-0.2, 0) is 9.53 Å². The molecule has 0 radical (unpaired) electrons. The van der Waals surface area contributed by atoms with Crippen LogP contribution in [0.1, 0.15) is 18.6 Å². The summed E-state index contributed by atoms with van der Waals surface area (Å²) in [6.45, 7) is 5.39. The minimum absolute atomic E-state index is 0.0143. The van der Waals surface area contributed by atoms with Crippen LogP contribution in [0.15, 0.2) is 30.3 Å². The number of benzene rings is 1. The van der Waals surface area contributed by atoms with Gasteiger partial charge in [0.2, 0.25) is 0 Å². The third-order valence-electron chi connectivity index (χ3n) is 3.77. The van der Waals surface area contributed by atoms with Crippen molar-refractivity contribution < 1.29 is 14.6 Å². The first-order valence-corrected chi connectivity index (χ1v) is 7.38. The van der Waals surface area contributed by atoms with Gasteiger partial charge in [-0.1, -0.05) is 30.3 Å². The Kier molecular flexibility index (Phi) is 5.73. The van der Waals surface area contributed by atoms with Crippen molar-refractivity contribution in [1.82, 2.24) is 9.80 Å². The Morgan fingerprint density at radius 1 is 1.24 bits per heavy atom. The predicted molar refractivity (Wildman–Crippen MR) is 80.9 cm³/mol. The van der Waals surface area contributed by atoms with Gasteiger partial charge in [0, 0.05) is 39.8 Å². The standard InChI is InChI=1S/C16H24N2O3/c1-13(19)12-17-8-10-18(11-9-17)16(20)15(21-2)14-6-4-3-5-7-14/h3-7,13,15,19H,8-12H2,1-2H3/t13-,15+/m0/s1. The van der Waals surface area contributed by atoms with Crippen molar-refractivity contribution >= 4 is 5.91 Å². The van der Waals surface area contributed by atoms with Crippen molar-refractivity contribution in [2.75, 3.05) is 39.8 Å². The SMILES string of the molecule is CO[C@@H](C(=O)N1CCN(C[C@H](C)O)CC1)c1ccccc1. The van der Waals surface area contributed by atoms with Crippen LogP contribution in [0, 0.1) is 0 Å². The van der Waals surface area contributed by atoms with Gasteiger partial charge in [-0.2, -0.15) is 0 Å². The summed E-state index contributed by atoms with van der Waals surface area (Å²) < 4.78 is 5.40. The summed E-state index contributed by atoms with van der Waals surface area (Å²) in [5, 5.41) is 9.41. The van der Waals surface area contributed by atoms with Crippen molar-refractivity contribution in [3.05, 3.63) is 35.9 Å². The molecule has 0 aliphatic carbocycles. The number of rotatable bonds is 5. The first-order chi connectivity index (χ1) is 10.1. The zero-order valence-electron chi connectivity index (χ0n) is 12.7. The molecule has 1 fully saturated rings. The van der Waals surface area contributed by atoms with Crippen molar-refractivity contribution in [1.29, 1.82) is 0 Å². The largest absolute Gasteiger partial charge is 0.392 e. The highest BCUT2D eigenvalue weighted by Gasteiger charge is 2.28. The number of methoxy groups -OCH3 is 1. The molecule has 5 heteroatoms. The number of amides is 1. The van der Waals surface area contributed by atoms with E-state index in [9.17, 15) is 9.90 Å². The van der Waals surface area contributed by atoms with E-state index in [-0.39, 0.29) is 12.0 Å². The molecule has 0 bridgehead atoms. The van der Waals surface area contributed by atoms with Crippen LogP contribution in [0.4, 0.5) is 0 Å². The fourth-order valence-electron chi connectivity index (χ4n) is 2.70. The number of hydrogen-bond acceptors (Lipinski definition) is 4. The molecule has 1 aliphatic heterocycles. The van der Waals surface area contributed by atoms with E-state index in [1.54, 1.807) is 14.0 Å². The van der Waals surface area contributed by atoms with Gasteiger partial charge in [0.1, 0.15) is 0 Å².